The van der Waals surface area contributed by atoms with Crippen molar-refractivity contribution in [3.05, 3.63) is 64.0 Å². The van der Waals surface area contributed by atoms with Crippen LogP contribution in [-0.4, -0.2) is 37.7 Å². The predicted octanol–water partition coefficient (Wildman–Crippen LogP) is 2.33. The molecule has 0 aromatic heterocycles. The lowest BCUT2D eigenvalue weighted by Crippen LogP contribution is -2.24. The third kappa shape index (κ3) is 5.00. The number of halogens is 1. The van der Waals surface area contributed by atoms with Gasteiger partial charge in [0.15, 0.2) is 18.2 Å². The summed E-state index contributed by atoms with van der Waals surface area (Å²) in [4.78, 5) is 23.9. The van der Waals surface area contributed by atoms with Crippen molar-refractivity contribution in [1.82, 2.24) is 5.43 Å². The molecule has 0 saturated heterocycles. The molecule has 0 fully saturated rings. The van der Waals surface area contributed by atoms with Gasteiger partial charge in [-0.2, -0.15) is 5.10 Å². The summed E-state index contributed by atoms with van der Waals surface area (Å²) in [5.74, 6) is -1.21. The largest absolute Gasteiger partial charge is 0.481 e. The Morgan fingerprint density at radius 3 is 2.73 bits per heavy atom. The molecular weight excluding hydrogens is 343 g/mol. The molecule has 9 heteroatoms. The Morgan fingerprint density at radius 2 is 2.08 bits per heavy atom. The van der Waals surface area contributed by atoms with Gasteiger partial charge in [-0.25, -0.2) is 9.82 Å². The standard InChI is InChI=1S/C17H17FN4O4/c1-21(2)14-8-7-12(9-15(14)22(24)25)10-19-20-17(23)11-26-16-6-4-3-5-13(16)18/h3-10H,11H2,1-2H3,(H,20,23)/b19-10-. The third-order valence-corrected chi connectivity index (χ3v) is 3.28. The molecule has 1 N–H and O–H groups in total. The highest BCUT2D eigenvalue weighted by molar-refractivity contribution is 5.85. The highest BCUT2D eigenvalue weighted by Crippen LogP contribution is 2.27. The van der Waals surface area contributed by atoms with Crippen LogP contribution in [0.4, 0.5) is 15.8 Å². The number of nitrogens with zero attached hydrogens (tertiary/aromatic N) is 3. The third-order valence-electron chi connectivity index (χ3n) is 3.28. The first-order chi connectivity index (χ1) is 12.4. The first-order valence-corrected chi connectivity index (χ1v) is 7.53. The van der Waals surface area contributed by atoms with Crippen molar-refractivity contribution in [1.29, 1.82) is 0 Å². The molecule has 0 aliphatic heterocycles. The average Bonchev–Trinajstić information content (AvgIpc) is 2.60. The fraction of sp³-hybridized carbons (Fsp3) is 0.176. The second-order valence-electron chi connectivity index (χ2n) is 5.41. The molecule has 8 nitrogen and oxygen atoms in total. The first kappa shape index (κ1) is 18.8. The van der Waals surface area contributed by atoms with Crippen molar-refractivity contribution >= 4 is 23.5 Å². The van der Waals surface area contributed by atoms with Crippen LogP contribution in [0, 0.1) is 15.9 Å². The molecule has 2 aromatic carbocycles. The summed E-state index contributed by atoms with van der Waals surface area (Å²) in [6, 6.07) is 10.3. The topological polar surface area (TPSA) is 97.1 Å². The Morgan fingerprint density at radius 1 is 1.35 bits per heavy atom. The molecule has 0 aliphatic rings. The number of anilines is 1. The zero-order chi connectivity index (χ0) is 19.1. The van der Waals surface area contributed by atoms with Crippen molar-refractivity contribution in [2.24, 2.45) is 5.10 Å². The highest BCUT2D eigenvalue weighted by Gasteiger charge is 2.15. The van der Waals surface area contributed by atoms with Gasteiger partial charge >= 0.3 is 0 Å². The van der Waals surface area contributed by atoms with Crippen LogP contribution in [0.3, 0.4) is 0 Å². The average molecular weight is 360 g/mol. The van der Waals surface area contributed by atoms with Crippen LogP contribution in [0.2, 0.25) is 0 Å². The van der Waals surface area contributed by atoms with E-state index in [-0.39, 0.29) is 11.4 Å². The summed E-state index contributed by atoms with van der Waals surface area (Å²) in [6.45, 7) is -0.419. The van der Waals surface area contributed by atoms with Gasteiger partial charge in [0.2, 0.25) is 0 Å². The molecule has 0 aliphatic carbocycles. The van der Waals surface area contributed by atoms with E-state index in [0.717, 1.165) is 0 Å². The van der Waals surface area contributed by atoms with Crippen LogP contribution in [0.15, 0.2) is 47.6 Å². The Kier molecular flexibility index (Phi) is 6.20. The number of nitrogens with one attached hydrogen (secondary N) is 1. The van der Waals surface area contributed by atoms with E-state index in [1.807, 2.05) is 0 Å². The Hall–Kier alpha value is -3.49. The molecule has 2 aromatic rings. The second kappa shape index (κ2) is 8.56. The summed E-state index contributed by atoms with van der Waals surface area (Å²) in [5.41, 5.74) is 3.03. The van der Waals surface area contributed by atoms with Crippen molar-refractivity contribution in [3.63, 3.8) is 0 Å². The van der Waals surface area contributed by atoms with Crippen molar-refractivity contribution in [2.45, 2.75) is 0 Å². The summed E-state index contributed by atoms with van der Waals surface area (Å²) < 4.78 is 18.4. The lowest BCUT2D eigenvalue weighted by Gasteiger charge is -2.12. The monoisotopic (exact) mass is 360 g/mol. The smallest absolute Gasteiger partial charge is 0.293 e. The quantitative estimate of drug-likeness (QED) is 0.464. The number of hydrazone groups is 1. The lowest BCUT2D eigenvalue weighted by atomic mass is 10.2. The minimum atomic E-state index is -0.594. The number of nitro benzene ring substituents is 1. The van der Waals surface area contributed by atoms with Crippen molar-refractivity contribution < 1.29 is 18.8 Å². The zero-order valence-corrected chi connectivity index (χ0v) is 14.2. The van der Waals surface area contributed by atoms with Crippen molar-refractivity contribution in [3.8, 4) is 5.75 Å². The molecule has 0 spiro atoms. The minimum absolute atomic E-state index is 0.0403. The number of para-hydroxylation sites is 1. The predicted molar refractivity (Wildman–Crippen MR) is 95.1 cm³/mol. The molecule has 26 heavy (non-hydrogen) atoms. The Bertz CT molecular complexity index is 839. The van der Waals surface area contributed by atoms with Gasteiger partial charge in [0, 0.05) is 25.7 Å². The van der Waals surface area contributed by atoms with Gasteiger partial charge in [0.05, 0.1) is 11.1 Å². The van der Waals surface area contributed by atoms with Gasteiger partial charge in [-0.05, 0) is 18.2 Å². The molecule has 0 atom stereocenters. The van der Waals surface area contributed by atoms with Crippen molar-refractivity contribution in [2.75, 3.05) is 25.6 Å². The van der Waals surface area contributed by atoms with Crippen LogP contribution in [0.25, 0.3) is 0 Å². The maximum atomic E-state index is 13.4. The molecule has 2 rings (SSSR count). The van der Waals surface area contributed by atoms with Crippen LogP contribution in [0.5, 0.6) is 5.75 Å². The van der Waals surface area contributed by atoms with E-state index in [9.17, 15) is 19.3 Å². The Labute approximate surface area is 149 Å². The van der Waals surface area contributed by atoms with E-state index in [2.05, 4.69) is 10.5 Å². The van der Waals surface area contributed by atoms with Crippen LogP contribution in [-0.2, 0) is 4.79 Å². The minimum Gasteiger partial charge on any atom is -0.481 e. The number of amides is 1. The van der Waals surface area contributed by atoms with E-state index in [0.29, 0.717) is 11.3 Å². The van der Waals surface area contributed by atoms with Crippen LogP contribution in [0.1, 0.15) is 5.56 Å². The van der Waals surface area contributed by atoms with Crippen LogP contribution < -0.4 is 15.1 Å². The molecule has 0 unspecified atom stereocenters. The maximum Gasteiger partial charge on any atom is 0.293 e. The molecule has 0 heterocycles. The number of nitro groups is 1. The summed E-state index contributed by atoms with van der Waals surface area (Å²) >= 11 is 0. The first-order valence-electron chi connectivity index (χ1n) is 7.53. The number of rotatable bonds is 7. The van der Waals surface area contributed by atoms with E-state index < -0.39 is 23.3 Å². The van der Waals surface area contributed by atoms with Gasteiger partial charge in [-0.3, -0.25) is 14.9 Å². The SMILES string of the molecule is CN(C)c1ccc(/C=N\NC(=O)COc2ccccc2F)cc1[N+](=O)[O-]. The summed E-state index contributed by atoms with van der Waals surface area (Å²) in [7, 11) is 3.40. The number of hydrogen-bond donors (Lipinski definition) is 1. The van der Waals surface area contributed by atoms with Crippen LogP contribution >= 0.6 is 0 Å². The van der Waals surface area contributed by atoms with Gasteiger partial charge in [0.1, 0.15) is 5.69 Å². The number of hydrogen-bond acceptors (Lipinski definition) is 6. The van der Waals surface area contributed by atoms with E-state index in [1.54, 1.807) is 37.2 Å². The second-order valence-corrected chi connectivity index (χ2v) is 5.41. The number of carbonyl (C=O) groups is 1. The number of benzene rings is 2. The molecule has 136 valence electrons. The molecule has 0 bridgehead atoms. The van der Waals surface area contributed by atoms with Gasteiger partial charge in [0.25, 0.3) is 11.6 Å². The van der Waals surface area contributed by atoms with E-state index in [1.165, 1.54) is 30.5 Å². The van der Waals surface area contributed by atoms with E-state index in [4.69, 9.17) is 4.74 Å². The summed E-state index contributed by atoms with van der Waals surface area (Å²) in [5, 5.41) is 14.8. The lowest BCUT2D eigenvalue weighted by molar-refractivity contribution is -0.384. The molecular formula is C17H17FN4O4. The van der Waals surface area contributed by atoms with Gasteiger partial charge in [-0.15, -0.1) is 0 Å². The fourth-order valence-corrected chi connectivity index (χ4v) is 2.06. The van der Waals surface area contributed by atoms with E-state index >= 15 is 0 Å². The van der Waals surface area contributed by atoms with Gasteiger partial charge in [-0.1, -0.05) is 18.2 Å². The molecule has 0 saturated carbocycles. The molecule has 1 amide bonds. The zero-order valence-electron chi connectivity index (χ0n) is 14.2. The summed E-state index contributed by atoms with van der Waals surface area (Å²) in [6.07, 6.45) is 1.27. The Balaban J connectivity index is 1.95. The van der Waals surface area contributed by atoms with Gasteiger partial charge < -0.3 is 9.64 Å². The number of carbonyl (C=O) groups excluding carboxylic acids is 1. The number of ether oxygens (including phenoxy) is 1. The highest BCUT2D eigenvalue weighted by atomic mass is 19.1. The normalized spacial score (nSPS) is 10.6. The molecule has 0 radical (unpaired) electrons. The maximum absolute atomic E-state index is 13.4. The fourth-order valence-electron chi connectivity index (χ4n) is 2.06.